The van der Waals surface area contributed by atoms with Crippen LogP contribution < -0.4 is 5.73 Å². The zero-order chi connectivity index (χ0) is 55.8. The number of azide groups is 2. The Hall–Kier alpha value is -7.58. The van der Waals surface area contributed by atoms with Crippen molar-refractivity contribution >= 4 is 62.9 Å². The highest BCUT2D eigenvalue weighted by atomic mass is 32.2. The molecule has 4 aromatic rings. The maximum atomic E-state index is 12.7. The van der Waals surface area contributed by atoms with Gasteiger partial charge in [-0.15, -0.1) is 0 Å². The van der Waals surface area contributed by atoms with Gasteiger partial charge in [0.05, 0.1) is 22.0 Å². The summed E-state index contributed by atoms with van der Waals surface area (Å²) in [5, 5.41) is 11.1. The minimum atomic E-state index is -3.39. The van der Waals surface area contributed by atoms with Crippen molar-refractivity contribution < 1.29 is 63.3 Å². The summed E-state index contributed by atoms with van der Waals surface area (Å²) < 4.78 is 74.5. The molecule has 0 spiro atoms. The molecule has 2 unspecified atom stereocenters. The average molecular weight is 1100 g/mol. The second-order valence-corrected chi connectivity index (χ2v) is 19.2. The second-order valence-electron chi connectivity index (χ2n) is 16.5. The molecule has 1 aliphatic rings. The Bertz CT molecular complexity index is 2730. The third kappa shape index (κ3) is 22.2. The molecule has 2 aromatic carbocycles. The van der Waals surface area contributed by atoms with Gasteiger partial charge in [0.15, 0.2) is 27.1 Å². The fourth-order valence-corrected chi connectivity index (χ4v) is 7.88. The van der Waals surface area contributed by atoms with Crippen LogP contribution >= 0.6 is 0 Å². The SMILES string of the molecule is CCC(CCCCCN=[N+]=[N-])OC(=O)N(C)Cc1ccc(-c2cc(-c3nc(-c4ccc(S(=O)(=O)C(C)C)cc4)cnc3N)on2)cc1.CCC(CCCCCN=[N+]=[N-])OC(=O)ON1C(=O)CCC1=O.O=S=O.O=S=O. The number of anilines is 1. The molecule has 26 nitrogen and oxygen atoms in total. The molecule has 0 aliphatic carbocycles. The standard InChI is InChI=1S/C33H40N8O5S.C13H20N4O5.2O2S/c1-5-26(9-7-6-8-18-37-40-35)45-33(42)41(4)21-23-10-12-24(13-11-23)28-19-30(46-39-28)31-32(34)36-20-29(38-31)25-14-16-27(17-15-25)47(43,44)22(2)3;1-2-10(6-4-3-5-9-15-16-14)21-13(20)22-17-11(18)7-8-12(17)19;2*1-3-2/h10-17,19-20,22,26H,5-9,18,21H2,1-4H3,(H2,34,36);10H,2-9H2,1H3;;. The van der Waals surface area contributed by atoms with Crippen molar-refractivity contribution in [2.45, 2.75) is 134 Å². The summed E-state index contributed by atoms with van der Waals surface area (Å²) in [5.41, 5.74) is 26.4. The number of hydroxylamine groups is 2. The molecule has 0 saturated carbocycles. The Morgan fingerprint density at radius 2 is 1.32 bits per heavy atom. The molecule has 1 fully saturated rings. The van der Waals surface area contributed by atoms with Gasteiger partial charge in [-0.2, -0.15) is 16.8 Å². The fourth-order valence-electron chi connectivity index (χ4n) is 6.82. The van der Waals surface area contributed by atoms with Gasteiger partial charge in [0.2, 0.25) is 0 Å². The highest BCUT2D eigenvalue weighted by molar-refractivity contribution is 7.92. The maximum absolute atomic E-state index is 12.7. The van der Waals surface area contributed by atoms with Gasteiger partial charge in [-0.05, 0) is 94.0 Å². The van der Waals surface area contributed by atoms with E-state index in [4.69, 9.17) is 47.6 Å². The number of hydrogen-bond donors (Lipinski definition) is 1. The summed E-state index contributed by atoms with van der Waals surface area (Å²) in [5.74, 6) is -0.573. The quantitative estimate of drug-likeness (QED) is 0.0171. The van der Waals surface area contributed by atoms with Gasteiger partial charge < -0.3 is 24.6 Å². The fraction of sp³-hybridized carbons (Fsp3) is 0.500. The molecule has 1 aliphatic heterocycles. The molecule has 5 rings (SSSR count). The highest BCUT2D eigenvalue weighted by Gasteiger charge is 2.34. The van der Waals surface area contributed by atoms with Gasteiger partial charge in [-0.1, -0.05) is 83.5 Å². The van der Waals surface area contributed by atoms with Gasteiger partial charge in [-0.3, -0.25) is 14.4 Å². The van der Waals surface area contributed by atoms with Crippen molar-refractivity contribution in [1.29, 1.82) is 0 Å². The smallest absolute Gasteiger partial charge is 0.446 e. The Balaban J connectivity index is 0.000000572. The van der Waals surface area contributed by atoms with Gasteiger partial charge >= 0.3 is 35.4 Å². The summed E-state index contributed by atoms with van der Waals surface area (Å²) >= 11 is -1.50. The van der Waals surface area contributed by atoms with E-state index in [1.807, 2.05) is 38.1 Å². The van der Waals surface area contributed by atoms with Crippen LogP contribution in [0, 0.1) is 0 Å². The Morgan fingerprint density at radius 1 is 0.813 bits per heavy atom. The average Bonchev–Trinajstić information content (AvgIpc) is 4.01. The molecular formula is C46H60N12O14S3. The van der Waals surface area contributed by atoms with Crippen LogP contribution in [-0.2, 0) is 63.4 Å². The first-order valence-electron chi connectivity index (χ1n) is 23.5. The molecule has 3 heterocycles. The van der Waals surface area contributed by atoms with Crippen LogP contribution in [0.15, 0.2) is 80.4 Å². The van der Waals surface area contributed by atoms with Crippen LogP contribution in [0.4, 0.5) is 15.4 Å². The number of rotatable bonds is 24. The lowest BCUT2D eigenvalue weighted by Gasteiger charge is -2.22. The summed E-state index contributed by atoms with van der Waals surface area (Å²) in [6, 6.07) is 15.8. The third-order valence-electron chi connectivity index (χ3n) is 10.9. The third-order valence-corrected chi connectivity index (χ3v) is 13.1. The Morgan fingerprint density at radius 3 is 1.83 bits per heavy atom. The number of carbonyl (C=O) groups is 4. The first-order chi connectivity index (χ1) is 35.9. The van der Waals surface area contributed by atoms with E-state index >= 15 is 0 Å². The zero-order valence-corrected chi connectivity index (χ0v) is 44.5. The number of sulfone groups is 1. The Kier molecular flexibility index (Phi) is 29.5. The Labute approximate surface area is 440 Å². The number of amides is 3. The first kappa shape index (κ1) is 63.5. The van der Waals surface area contributed by atoms with Gasteiger partial charge in [-0.25, -0.2) is 28.0 Å². The normalized spacial score (nSPS) is 12.4. The number of benzene rings is 2. The van der Waals surface area contributed by atoms with Crippen LogP contribution in [0.3, 0.4) is 0 Å². The van der Waals surface area contributed by atoms with Crippen LogP contribution in [0.25, 0.3) is 54.9 Å². The van der Waals surface area contributed by atoms with Gasteiger partial charge in [0.25, 0.3) is 11.8 Å². The summed E-state index contributed by atoms with van der Waals surface area (Å²) in [4.78, 5) is 67.7. The molecule has 406 valence electrons. The van der Waals surface area contributed by atoms with E-state index in [2.05, 4.69) is 40.0 Å². The number of nitrogen functional groups attached to an aromatic ring is 1. The molecule has 2 N–H and O–H groups in total. The number of unbranched alkanes of at least 4 members (excludes halogenated alkanes) is 4. The molecule has 2 aromatic heterocycles. The van der Waals surface area contributed by atoms with E-state index in [0.717, 1.165) is 62.5 Å². The molecule has 1 saturated heterocycles. The van der Waals surface area contributed by atoms with E-state index in [-0.39, 0.29) is 41.9 Å². The number of ether oxygens (including phenoxy) is 2. The van der Waals surface area contributed by atoms with Crippen molar-refractivity contribution in [2.24, 2.45) is 10.2 Å². The predicted octanol–water partition coefficient (Wildman–Crippen LogP) is 8.96. The van der Waals surface area contributed by atoms with Crippen molar-refractivity contribution in [3.05, 3.63) is 87.2 Å². The lowest BCUT2D eigenvalue weighted by Crippen LogP contribution is -2.33. The van der Waals surface area contributed by atoms with E-state index in [9.17, 15) is 27.6 Å². The number of carbonyl (C=O) groups excluding carboxylic acids is 4. The molecular weight excluding hydrogens is 1040 g/mol. The number of imide groups is 1. The highest BCUT2D eigenvalue weighted by Crippen LogP contribution is 2.31. The zero-order valence-electron chi connectivity index (χ0n) is 42.0. The van der Waals surface area contributed by atoms with Crippen LogP contribution in [-0.4, -0.2) is 112 Å². The molecule has 0 radical (unpaired) electrons. The van der Waals surface area contributed by atoms with Crippen molar-refractivity contribution in [3.63, 3.8) is 0 Å². The number of aromatic nitrogens is 3. The van der Waals surface area contributed by atoms with Gasteiger partial charge in [0, 0.05) is 66.5 Å². The van der Waals surface area contributed by atoms with Crippen molar-refractivity contribution in [3.8, 4) is 34.0 Å². The van der Waals surface area contributed by atoms with Crippen LogP contribution in [0.2, 0.25) is 0 Å². The van der Waals surface area contributed by atoms with Crippen molar-refractivity contribution in [2.75, 3.05) is 25.9 Å². The predicted molar refractivity (Wildman–Crippen MR) is 273 cm³/mol. The lowest BCUT2D eigenvalue weighted by molar-refractivity contribution is -0.178. The summed E-state index contributed by atoms with van der Waals surface area (Å²) in [6.45, 7) is 8.45. The topological polar surface area (TPSA) is 380 Å². The molecule has 75 heavy (non-hydrogen) atoms. The maximum Gasteiger partial charge on any atom is 0.534 e. The number of nitrogens with two attached hydrogens (primary N) is 1. The monoisotopic (exact) mass is 1100 g/mol. The largest absolute Gasteiger partial charge is 0.534 e. The number of hydrogen-bond acceptors (Lipinski definition) is 20. The van der Waals surface area contributed by atoms with E-state index in [1.54, 1.807) is 56.1 Å². The van der Waals surface area contributed by atoms with E-state index < -0.39 is 56.2 Å². The molecule has 29 heteroatoms. The van der Waals surface area contributed by atoms with Crippen LogP contribution in [0.1, 0.15) is 110 Å². The number of nitrogens with zero attached hydrogens (tertiary/aromatic N) is 11. The summed E-state index contributed by atoms with van der Waals surface area (Å²) in [6.07, 6.45) is 7.52. The van der Waals surface area contributed by atoms with E-state index in [1.165, 1.54) is 6.20 Å². The van der Waals surface area contributed by atoms with Gasteiger partial charge in [0.1, 0.15) is 17.9 Å². The lowest BCUT2D eigenvalue weighted by atomic mass is 10.1. The first-order valence-corrected chi connectivity index (χ1v) is 26.4. The second kappa shape index (κ2) is 34.8. The summed E-state index contributed by atoms with van der Waals surface area (Å²) in [7, 11) is -1.69. The molecule has 2 atom stereocenters. The van der Waals surface area contributed by atoms with Crippen LogP contribution in [0.5, 0.6) is 0 Å². The van der Waals surface area contributed by atoms with Crippen molar-refractivity contribution in [1.82, 2.24) is 25.1 Å². The molecule has 0 bridgehead atoms. The van der Waals surface area contributed by atoms with E-state index in [0.29, 0.717) is 65.9 Å². The minimum Gasteiger partial charge on any atom is -0.446 e. The molecule has 3 amide bonds. The minimum absolute atomic E-state index is 0.0501.